The van der Waals surface area contributed by atoms with Gasteiger partial charge < -0.3 is 20.1 Å². The highest BCUT2D eigenvalue weighted by molar-refractivity contribution is 9.10. The fourth-order valence-electron chi connectivity index (χ4n) is 5.25. The second-order valence-electron chi connectivity index (χ2n) is 9.83. The first-order valence-corrected chi connectivity index (χ1v) is 15.0. The highest BCUT2D eigenvalue weighted by Gasteiger charge is 2.56. The van der Waals surface area contributed by atoms with E-state index in [1.807, 2.05) is 42.5 Å². The molecule has 2 atom stereocenters. The maximum atomic E-state index is 13.5. The molecule has 2 N–H and O–H groups in total. The lowest BCUT2D eigenvalue weighted by atomic mass is 9.67. The van der Waals surface area contributed by atoms with Crippen LogP contribution in [0.2, 0.25) is 15.1 Å². The molecule has 11 heteroatoms. The molecule has 220 valence electrons. The van der Waals surface area contributed by atoms with Crippen LogP contribution in [0.15, 0.2) is 89.4 Å². The number of halogens is 4. The van der Waals surface area contributed by atoms with Gasteiger partial charge in [0.25, 0.3) is 0 Å². The maximum absolute atomic E-state index is 13.5. The summed E-state index contributed by atoms with van der Waals surface area (Å²) in [4.78, 5) is 38.0. The van der Waals surface area contributed by atoms with Gasteiger partial charge in [-0.25, -0.2) is 4.79 Å². The first-order chi connectivity index (χ1) is 20.6. The zero-order chi connectivity index (χ0) is 30.7. The molecule has 1 spiro atoms. The average Bonchev–Trinajstić information content (AvgIpc) is 3.26. The van der Waals surface area contributed by atoms with E-state index in [0.717, 1.165) is 15.1 Å². The number of esters is 1. The van der Waals surface area contributed by atoms with Crippen molar-refractivity contribution in [2.75, 3.05) is 12.4 Å². The van der Waals surface area contributed by atoms with Crippen molar-refractivity contribution >= 4 is 74.2 Å². The molecule has 4 aromatic rings. The minimum Gasteiger partial charge on any atom is -0.465 e. The number of carbonyl (C=O) groups excluding carboxylic acids is 3. The van der Waals surface area contributed by atoms with Crippen LogP contribution in [0.3, 0.4) is 0 Å². The summed E-state index contributed by atoms with van der Waals surface area (Å²) in [5, 5.41) is 7.45. The summed E-state index contributed by atoms with van der Waals surface area (Å²) in [6.07, 6.45) is 0.501. The predicted molar refractivity (Wildman–Crippen MR) is 170 cm³/mol. The van der Waals surface area contributed by atoms with E-state index in [4.69, 9.17) is 44.3 Å². The molecule has 2 aliphatic rings. The van der Waals surface area contributed by atoms with Gasteiger partial charge in [0.2, 0.25) is 11.8 Å². The molecular formula is C32H24BrCl3N2O5. The van der Waals surface area contributed by atoms with Crippen LogP contribution in [-0.2, 0) is 19.7 Å². The lowest BCUT2D eigenvalue weighted by Crippen LogP contribution is -2.52. The normalized spacial score (nSPS) is 18.6. The Morgan fingerprint density at radius 3 is 2.33 bits per heavy atom. The largest absolute Gasteiger partial charge is 0.465 e. The van der Waals surface area contributed by atoms with Crippen LogP contribution in [0, 0.1) is 0 Å². The van der Waals surface area contributed by atoms with Crippen LogP contribution in [0.4, 0.5) is 5.69 Å². The number of piperidine rings is 1. The Morgan fingerprint density at radius 2 is 1.65 bits per heavy atom. The van der Waals surface area contributed by atoms with Gasteiger partial charge in [0.05, 0.1) is 23.7 Å². The van der Waals surface area contributed by atoms with E-state index in [9.17, 15) is 14.4 Å². The van der Waals surface area contributed by atoms with Gasteiger partial charge in [-0.15, -0.1) is 0 Å². The van der Waals surface area contributed by atoms with Gasteiger partial charge in [0.15, 0.2) is 0 Å². The zero-order valence-corrected chi connectivity index (χ0v) is 26.5. The van der Waals surface area contributed by atoms with Crippen molar-refractivity contribution in [3.63, 3.8) is 0 Å². The van der Waals surface area contributed by atoms with Gasteiger partial charge in [-0.1, -0.05) is 75.0 Å². The Labute approximate surface area is 271 Å². The predicted octanol–water partition coefficient (Wildman–Crippen LogP) is 8.52. The summed E-state index contributed by atoms with van der Waals surface area (Å²) in [7, 11) is 1.29. The molecule has 1 fully saturated rings. The zero-order valence-electron chi connectivity index (χ0n) is 22.6. The summed E-state index contributed by atoms with van der Waals surface area (Å²) in [6.45, 7) is 0. The molecular weight excluding hydrogens is 679 g/mol. The van der Waals surface area contributed by atoms with Crippen molar-refractivity contribution < 1.29 is 23.9 Å². The molecule has 7 nitrogen and oxygen atoms in total. The van der Waals surface area contributed by atoms with Crippen LogP contribution < -0.4 is 15.4 Å². The topological polar surface area (TPSA) is 93.7 Å². The van der Waals surface area contributed by atoms with E-state index < -0.39 is 17.4 Å². The van der Waals surface area contributed by atoms with E-state index in [0.29, 0.717) is 34.2 Å². The molecule has 0 unspecified atom stereocenters. The molecule has 1 saturated heterocycles. The lowest BCUT2D eigenvalue weighted by Gasteiger charge is -2.40. The first-order valence-electron chi connectivity index (χ1n) is 13.1. The number of methoxy groups -OCH3 is 1. The lowest BCUT2D eigenvalue weighted by molar-refractivity contribution is -0.130. The Bertz CT molecular complexity index is 1720. The highest BCUT2D eigenvalue weighted by Crippen LogP contribution is 2.53. The van der Waals surface area contributed by atoms with Gasteiger partial charge >= 0.3 is 5.97 Å². The fourth-order valence-corrected chi connectivity index (χ4v) is 6.17. The number of hydrogen-bond donors (Lipinski definition) is 2. The molecule has 2 amide bonds. The number of fused-ring (bicyclic) bond motifs is 2. The molecule has 43 heavy (non-hydrogen) atoms. The molecule has 0 aliphatic carbocycles. The Kier molecular flexibility index (Phi) is 9.32. The van der Waals surface area contributed by atoms with E-state index in [-0.39, 0.29) is 28.8 Å². The van der Waals surface area contributed by atoms with Crippen LogP contribution in [0.5, 0.6) is 11.5 Å². The standard InChI is InChI=1S/C26H19BrCl2N2O5.C6H5Cl/c1-35-24(33)13-2-6-21(18(29)10-13)36-20-7-3-14(27)11-16(20)23-26(9-8-22(32)31-23)17-5-4-15(28)12-19(17)30-25(26)34;7-6-4-2-1-3-5-6/h2-7,10-12,23H,8-9H2,1H3,(H,30,34)(H,31,32);1-5H/t23-,26-;/m1./s1. The number of carbonyl (C=O) groups is 3. The number of amides is 2. The van der Waals surface area contributed by atoms with Crippen LogP contribution in [-0.4, -0.2) is 24.9 Å². The van der Waals surface area contributed by atoms with Gasteiger partial charge in [0.1, 0.15) is 16.9 Å². The third-order valence-electron chi connectivity index (χ3n) is 7.25. The summed E-state index contributed by atoms with van der Waals surface area (Å²) in [5.74, 6) is -0.228. The van der Waals surface area contributed by atoms with Gasteiger partial charge in [0, 0.05) is 32.2 Å². The SMILES string of the molecule is COC(=O)c1ccc(Oc2ccc(Br)cc2[C@H]2NC(=O)CC[C@]23C(=O)Nc2cc(Cl)ccc23)c(Cl)c1.Clc1ccccc1. The van der Waals surface area contributed by atoms with E-state index >= 15 is 0 Å². The van der Waals surface area contributed by atoms with Crippen molar-refractivity contribution in [2.24, 2.45) is 0 Å². The highest BCUT2D eigenvalue weighted by atomic mass is 79.9. The van der Waals surface area contributed by atoms with Crippen molar-refractivity contribution in [3.8, 4) is 11.5 Å². The van der Waals surface area contributed by atoms with Crippen LogP contribution in [0.25, 0.3) is 0 Å². The Hall–Kier alpha value is -3.56. The molecule has 0 bridgehead atoms. The summed E-state index contributed by atoms with van der Waals surface area (Å²) in [5.41, 5.74) is 1.18. The van der Waals surface area contributed by atoms with Crippen LogP contribution in [0.1, 0.15) is 40.4 Å². The number of nitrogens with one attached hydrogen (secondary N) is 2. The molecule has 2 heterocycles. The molecule has 0 aromatic heterocycles. The number of anilines is 1. The minimum absolute atomic E-state index is 0.174. The second-order valence-corrected chi connectivity index (χ2v) is 12.0. The number of ether oxygens (including phenoxy) is 2. The summed E-state index contributed by atoms with van der Waals surface area (Å²) >= 11 is 21.6. The molecule has 6 rings (SSSR count). The smallest absolute Gasteiger partial charge is 0.337 e. The molecule has 2 aliphatic heterocycles. The van der Waals surface area contributed by atoms with Crippen molar-refractivity contribution in [1.29, 1.82) is 0 Å². The first kappa shape index (κ1) is 30.9. The van der Waals surface area contributed by atoms with Crippen molar-refractivity contribution in [1.82, 2.24) is 5.32 Å². The van der Waals surface area contributed by atoms with Gasteiger partial charge in [-0.2, -0.15) is 0 Å². The Balaban J connectivity index is 0.000000463. The van der Waals surface area contributed by atoms with Crippen molar-refractivity contribution in [2.45, 2.75) is 24.3 Å². The van der Waals surface area contributed by atoms with E-state index in [1.54, 1.807) is 36.4 Å². The monoisotopic (exact) mass is 700 g/mol. The van der Waals surface area contributed by atoms with Gasteiger partial charge in [-0.05, 0) is 72.6 Å². The number of benzene rings is 4. The molecule has 4 aromatic carbocycles. The quantitative estimate of drug-likeness (QED) is 0.208. The third kappa shape index (κ3) is 6.38. The molecule has 0 radical (unpaired) electrons. The van der Waals surface area contributed by atoms with E-state index in [1.165, 1.54) is 13.2 Å². The number of hydrogen-bond acceptors (Lipinski definition) is 5. The van der Waals surface area contributed by atoms with Crippen molar-refractivity contribution in [3.05, 3.63) is 121 Å². The van der Waals surface area contributed by atoms with E-state index in [2.05, 4.69) is 26.6 Å². The second kappa shape index (κ2) is 13.0. The van der Waals surface area contributed by atoms with Gasteiger partial charge in [-0.3, -0.25) is 9.59 Å². The third-order valence-corrected chi connectivity index (χ3v) is 8.52. The fraction of sp³-hybridized carbons (Fsp3) is 0.156. The average molecular weight is 703 g/mol. The minimum atomic E-state index is -1.06. The van der Waals surface area contributed by atoms with Crippen LogP contribution >= 0.6 is 50.7 Å². The maximum Gasteiger partial charge on any atom is 0.337 e. The summed E-state index contributed by atoms with van der Waals surface area (Å²) < 4.78 is 11.7. The Morgan fingerprint density at radius 1 is 0.907 bits per heavy atom. The molecule has 0 saturated carbocycles. The number of rotatable bonds is 4. The summed E-state index contributed by atoms with van der Waals surface area (Å²) in [6, 6.07) is 23.9.